The molecule has 14 heteroatoms. The Bertz CT molecular complexity index is 1260. The lowest BCUT2D eigenvalue weighted by atomic mass is 10.1. The van der Waals surface area contributed by atoms with Gasteiger partial charge in [0.2, 0.25) is 5.75 Å². The standard InChI is InChI=1S/2C7H8N2O3.C7H8N2O2/c8-7(9)3-1-4(10)6(12)5(11)2-3;8-7(9)3-1-2-4(10)6(12)5(3)11;8-7(9)4-2-1-3-5(10)6(4)11/h2*1-2,10-12H,(H3,8,9);1-3,10-11H,(H3,8,9). The lowest BCUT2D eigenvalue weighted by molar-refractivity contribution is 0.367. The predicted octanol–water partition coefficient (Wildman–Crippen LogP) is 0.557. The van der Waals surface area contributed by atoms with Crippen molar-refractivity contribution in [3.8, 4) is 46.0 Å². The van der Waals surface area contributed by atoms with E-state index in [9.17, 15) is 0 Å². The summed E-state index contributed by atoms with van der Waals surface area (Å²) in [6.45, 7) is 0. The van der Waals surface area contributed by atoms with E-state index in [-0.39, 0.29) is 45.7 Å². The summed E-state index contributed by atoms with van der Waals surface area (Å²) in [5.74, 6) is -4.84. The second-order valence-electron chi connectivity index (χ2n) is 6.61. The van der Waals surface area contributed by atoms with E-state index >= 15 is 0 Å². The quantitative estimate of drug-likeness (QED) is 0.137. The van der Waals surface area contributed by atoms with Gasteiger partial charge in [-0.2, -0.15) is 0 Å². The minimum absolute atomic E-state index is 0.00898. The molecular formula is C21H24N6O8. The van der Waals surface area contributed by atoms with Crippen molar-refractivity contribution in [2.45, 2.75) is 0 Å². The van der Waals surface area contributed by atoms with E-state index in [2.05, 4.69) is 0 Å². The number of para-hydroxylation sites is 1. The Morgan fingerprint density at radius 2 is 0.943 bits per heavy atom. The number of hydrogen-bond acceptors (Lipinski definition) is 11. The molecule has 17 N–H and O–H groups in total. The van der Waals surface area contributed by atoms with Gasteiger partial charge in [-0.05, 0) is 36.4 Å². The van der Waals surface area contributed by atoms with Crippen LogP contribution in [0.2, 0.25) is 0 Å². The molecule has 0 spiro atoms. The maximum absolute atomic E-state index is 9.12. The third kappa shape index (κ3) is 6.98. The molecule has 0 aliphatic carbocycles. The number of aromatic hydroxyl groups is 8. The fraction of sp³-hybridized carbons (Fsp3) is 0. The number of benzene rings is 3. The van der Waals surface area contributed by atoms with Gasteiger partial charge in [-0.15, -0.1) is 0 Å². The van der Waals surface area contributed by atoms with Crippen molar-refractivity contribution < 1.29 is 40.9 Å². The summed E-state index contributed by atoms with van der Waals surface area (Å²) in [5, 5.41) is 92.8. The van der Waals surface area contributed by atoms with Crippen LogP contribution in [0.3, 0.4) is 0 Å². The Morgan fingerprint density at radius 1 is 0.486 bits per heavy atom. The molecule has 35 heavy (non-hydrogen) atoms. The van der Waals surface area contributed by atoms with Crippen molar-refractivity contribution in [3.63, 3.8) is 0 Å². The first-order chi connectivity index (χ1) is 16.2. The molecule has 0 unspecified atom stereocenters. The van der Waals surface area contributed by atoms with Gasteiger partial charge in [0.25, 0.3) is 0 Å². The second kappa shape index (κ2) is 11.4. The van der Waals surface area contributed by atoms with E-state index in [4.69, 9.17) is 74.3 Å². The molecule has 0 heterocycles. The third-order valence-electron chi connectivity index (χ3n) is 4.11. The Labute approximate surface area is 197 Å². The van der Waals surface area contributed by atoms with Crippen LogP contribution in [0, 0.1) is 16.2 Å². The van der Waals surface area contributed by atoms with E-state index in [0.717, 1.165) is 18.2 Å². The lowest BCUT2D eigenvalue weighted by Crippen LogP contribution is -2.10. The molecular weight excluding hydrogens is 464 g/mol. The van der Waals surface area contributed by atoms with Gasteiger partial charge in [-0.25, -0.2) is 0 Å². The first kappa shape index (κ1) is 27.5. The Balaban J connectivity index is 0.000000263. The molecule has 3 rings (SSSR count). The summed E-state index contributed by atoms with van der Waals surface area (Å²) in [6, 6.07) is 8.86. The molecule has 0 fully saturated rings. The number of nitrogens with two attached hydrogens (primary N) is 3. The molecule has 0 aliphatic heterocycles. The molecule has 3 aromatic rings. The molecule has 3 aromatic carbocycles. The van der Waals surface area contributed by atoms with Gasteiger partial charge in [0, 0.05) is 5.56 Å². The molecule has 0 aliphatic rings. The first-order valence-corrected chi connectivity index (χ1v) is 9.21. The fourth-order valence-corrected chi connectivity index (χ4v) is 2.29. The van der Waals surface area contributed by atoms with Gasteiger partial charge < -0.3 is 58.1 Å². The Kier molecular flexibility index (Phi) is 8.93. The third-order valence-corrected chi connectivity index (χ3v) is 4.11. The highest BCUT2D eigenvalue weighted by Crippen LogP contribution is 2.37. The summed E-state index contributed by atoms with van der Waals surface area (Å²) in [6.07, 6.45) is 0. The summed E-state index contributed by atoms with van der Waals surface area (Å²) in [5.41, 5.74) is 15.5. The maximum Gasteiger partial charge on any atom is 0.201 e. The molecule has 0 atom stereocenters. The number of hydrogen-bond donors (Lipinski definition) is 14. The lowest BCUT2D eigenvalue weighted by Gasteiger charge is -2.04. The van der Waals surface area contributed by atoms with Gasteiger partial charge in [0.15, 0.2) is 40.2 Å². The van der Waals surface area contributed by atoms with Crippen molar-refractivity contribution in [3.05, 3.63) is 59.2 Å². The number of nitrogen functional groups attached to an aromatic ring is 3. The monoisotopic (exact) mass is 488 g/mol. The molecule has 14 nitrogen and oxygen atoms in total. The fourth-order valence-electron chi connectivity index (χ4n) is 2.29. The highest BCUT2D eigenvalue weighted by atomic mass is 16.3. The average molecular weight is 488 g/mol. The van der Waals surface area contributed by atoms with Crippen molar-refractivity contribution in [1.29, 1.82) is 16.2 Å². The Morgan fingerprint density at radius 3 is 1.37 bits per heavy atom. The minimum Gasteiger partial charge on any atom is -0.504 e. The SMILES string of the molecule is N=C(N)c1cc(O)c(O)c(O)c1.N=C(N)c1ccc(O)c(O)c1O.N=C(N)c1cccc(O)c1O. The molecule has 0 saturated heterocycles. The predicted molar refractivity (Wildman–Crippen MR) is 126 cm³/mol. The number of phenolic OH excluding ortho intramolecular Hbond substituents is 8. The smallest absolute Gasteiger partial charge is 0.201 e. The van der Waals surface area contributed by atoms with E-state index < -0.39 is 34.5 Å². The van der Waals surface area contributed by atoms with E-state index in [0.29, 0.717) is 0 Å². The highest BCUT2D eigenvalue weighted by Gasteiger charge is 2.12. The van der Waals surface area contributed by atoms with Crippen LogP contribution in [-0.4, -0.2) is 58.4 Å². The zero-order valence-electron chi connectivity index (χ0n) is 17.9. The number of rotatable bonds is 3. The topological polar surface area (TPSA) is 311 Å². The first-order valence-electron chi connectivity index (χ1n) is 9.21. The molecule has 0 radical (unpaired) electrons. The number of amidine groups is 3. The molecule has 186 valence electrons. The van der Waals surface area contributed by atoms with Crippen molar-refractivity contribution in [2.75, 3.05) is 0 Å². The van der Waals surface area contributed by atoms with Crippen LogP contribution in [0.25, 0.3) is 0 Å². The average Bonchev–Trinajstić information content (AvgIpc) is 2.77. The van der Waals surface area contributed by atoms with Gasteiger partial charge in [-0.3, -0.25) is 16.2 Å². The summed E-state index contributed by atoms with van der Waals surface area (Å²) >= 11 is 0. The highest BCUT2D eigenvalue weighted by molar-refractivity contribution is 5.99. The van der Waals surface area contributed by atoms with Crippen molar-refractivity contribution in [1.82, 2.24) is 0 Å². The van der Waals surface area contributed by atoms with Gasteiger partial charge in [-0.1, -0.05) is 6.07 Å². The van der Waals surface area contributed by atoms with E-state index in [1.807, 2.05) is 0 Å². The molecule has 0 aromatic heterocycles. The second-order valence-corrected chi connectivity index (χ2v) is 6.61. The van der Waals surface area contributed by atoms with Crippen molar-refractivity contribution in [2.24, 2.45) is 17.2 Å². The summed E-state index contributed by atoms with van der Waals surface area (Å²) in [7, 11) is 0. The van der Waals surface area contributed by atoms with Gasteiger partial charge >= 0.3 is 0 Å². The van der Waals surface area contributed by atoms with Crippen LogP contribution >= 0.6 is 0 Å². The zero-order chi connectivity index (χ0) is 27.0. The number of nitrogens with one attached hydrogen (secondary N) is 3. The Hall–Kier alpha value is -5.53. The number of phenols is 8. The summed E-state index contributed by atoms with van der Waals surface area (Å²) in [4.78, 5) is 0. The van der Waals surface area contributed by atoms with E-state index in [1.54, 1.807) is 0 Å². The summed E-state index contributed by atoms with van der Waals surface area (Å²) < 4.78 is 0. The van der Waals surface area contributed by atoms with Crippen molar-refractivity contribution >= 4 is 17.5 Å². The van der Waals surface area contributed by atoms with Crippen LogP contribution in [0.1, 0.15) is 16.7 Å². The maximum atomic E-state index is 9.12. The van der Waals surface area contributed by atoms with Crippen LogP contribution < -0.4 is 17.2 Å². The molecule has 0 amide bonds. The van der Waals surface area contributed by atoms with Gasteiger partial charge in [0.05, 0.1) is 11.1 Å². The van der Waals surface area contributed by atoms with Crippen LogP contribution in [0.15, 0.2) is 42.5 Å². The molecule has 0 bridgehead atoms. The minimum atomic E-state index is -0.664. The van der Waals surface area contributed by atoms with E-state index in [1.165, 1.54) is 24.3 Å². The van der Waals surface area contributed by atoms with Gasteiger partial charge in [0.1, 0.15) is 17.5 Å². The van der Waals surface area contributed by atoms with Crippen LogP contribution in [0.5, 0.6) is 46.0 Å². The van der Waals surface area contributed by atoms with Crippen LogP contribution in [0.4, 0.5) is 0 Å². The normalized spacial score (nSPS) is 9.60. The van der Waals surface area contributed by atoms with Crippen LogP contribution in [-0.2, 0) is 0 Å². The largest absolute Gasteiger partial charge is 0.504 e. The zero-order valence-corrected chi connectivity index (χ0v) is 17.9. The molecule has 0 saturated carbocycles.